The molecule has 0 aliphatic rings. The molecule has 0 aromatic heterocycles. The van der Waals surface area contributed by atoms with Crippen molar-refractivity contribution >= 4 is 5.97 Å². The molecule has 1 unspecified atom stereocenters. The standard InChI is InChI=1S/C21H35NO3/c1-5-18(4)17-22-13-14-24-15-16-25-20(23)21(6-2,7-3)19-11-9-8-10-12-19/h8-12,18,22H,5-7,13-17H2,1-4H3. The molecule has 0 aliphatic carbocycles. The zero-order chi connectivity index (χ0) is 18.5. The maximum Gasteiger partial charge on any atom is 0.316 e. The zero-order valence-corrected chi connectivity index (χ0v) is 16.3. The summed E-state index contributed by atoms with van der Waals surface area (Å²) in [4.78, 5) is 12.7. The van der Waals surface area contributed by atoms with E-state index in [9.17, 15) is 4.79 Å². The smallest absolute Gasteiger partial charge is 0.316 e. The van der Waals surface area contributed by atoms with Gasteiger partial charge < -0.3 is 14.8 Å². The van der Waals surface area contributed by atoms with Gasteiger partial charge in [-0.3, -0.25) is 4.79 Å². The quantitative estimate of drug-likeness (QED) is 0.433. The second-order valence-corrected chi connectivity index (χ2v) is 6.62. The Balaban J connectivity index is 2.32. The molecule has 0 bridgehead atoms. The summed E-state index contributed by atoms with van der Waals surface area (Å²) < 4.78 is 11.1. The van der Waals surface area contributed by atoms with E-state index in [4.69, 9.17) is 9.47 Å². The molecular formula is C21H35NO3. The molecule has 0 saturated carbocycles. The summed E-state index contributed by atoms with van der Waals surface area (Å²) in [6.45, 7) is 11.7. The number of rotatable bonds is 13. The molecule has 0 aliphatic heterocycles. The van der Waals surface area contributed by atoms with Gasteiger partial charge in [0.1, 0.15) is 6.61 Å². The van der Waals surface area contributed by atoms with Crippen LogP contribution in [0.25, 0.3) is 0 Å². The maximum atomic E-state index is 12.7. The van der Waals surface area contributed by atoms with Crippen LogP contribution in [0.5, 0.6) is 0 Å². The zero-order valence-electron chi connectivity index (χ0n) is 16.3. The van der Waals surface area contributed by atoms with Crippen LogP contribution in [0.3, 0.4) is 0 Å². The van der Waals surface area contributed by atoms with Crippen molar-refractivity contribution in [3.05, 3.63) is 35.9 Å². The Morgan fingerprint density at radius 2 is 1.76 bits per heavy atom. The van der Waals surface area contributed by atoms with Gasteiger partial charge >= 0.3 is 5.97 Å². The van der Waals surface area contributed by atoms with Crippen molar-refractivity contribution in [1.82, 2.24) is 5.32 Å². The molecule has 1 rings (SSSR count). The summed E-state index contributed by atoms with van der Waals surface area (Å²) >= 11 is 0. The van der Waals surface area contributed by atoms with E-state index in [1.165, 1.54) is 6.42 Å². The lowest BCUT2D eigenvalue weighted by Gasteiger charge is -2.29. The Hall–Kier alpha value is -1.39. The van der Waals surface area contributed by atoms with Crippen molar-refractivity contribution in [2.45, 2.75) is 52.4 Å². The summed E-state index contributed by atoms with van der Waals surface area (Å²) in [5.41, 5.74) is 0.471. The van der Waals surface area contributed by atoms with E-state index in [0.717, 1.165) is 31.5 Å². The van der Waals surface area contributed by atoms with Crippen molar-refractivity contribution in [1.29, 1.82) is 0 Å². The van der Waals surface area contributed by atoms with E-state index in [2.05, 4.69) is 19.2 Å². The van der Waals surface area contributed by atoms with Gasteiger partial charge in [0, 0.05) is 6.54 Å². The van der Waals surface area contributed by atoms with Crippen LogP contribution in [-0.4, -0.2) is 38.9 Å². The van der Waals surface area contributed by atoms with Gasteiger partial charge in [0.2, 0.25) is 0 Å². The Morgan fingerprint density at radius 1 is 1.08 bits per heavy atom. The van der Waals surface area contributed by atoms with E-state index >= 15 is 0 Å². The fourth-order valence-electron chi connectivity index (χ4n) is 2.89. The largest absolute Gasteiger partial charge is 0.463 e. The molecule has 0 saturated heterocycles. The molecule has 1 aromatic carbocycles. The van der Waals surface area contributed by atoms with Crippen LogP contribution in [0, 0.1) is 5.92 Å². The summed E-state index contributed by atoms with van der Waals surface area (Å²) in [5, 5.41) is 3.37. The first-order chi connectivity index (χ1) is 12.1. The molecule has 142 valence electrons. The number of benzene rings is 1. The molecule has 0 amide bonds. The van der Waals surface area contributed by atoms with E-state index in [1.54, 1.807) is 0 Å². The summed E-state index contributed by atoms with van der Waals surface area (Å²) in [6, 6.07) is 9.92. The number of carbonyl (C=O) groups excluding carboxylic acids is 1. The highest BCUT2D eigenvalue weighted by Crippen LogP contribution is 2.33. The second-order valence-electron chi connectivity index (χ2n) is 6.62. The molecular weight excluding hydrogens is 314 g/mol. The average molecular weight is 350 g/mol. The first kappa shape index (κ1) is 21.7. The van der Waals surface area contributed by atoms with Gasteiger partial charge in [-0.2, -0.15) is 0 Å². The lowest BCUT2D eigenvalue weighted by molar-refractivity contribution is -0.152. The van der Waals surface area contributed by atoms with Crippen LogP contribution in [0.2, 0.25) is 0 Å². The Kier molecular flexibility index (Phi) is 10.4. The number of esters is 1. The minimum absolute atomic E-state index is 0.151. The highest BCUT2D eigenvalue weighted by Gasteiger charge is 2.38. The Labute approximate surface area is 153 Å². The van der Waals surface area contributed by atoms with Crippen LogP contribution in [0.1, 0.15) is 52.5 Å². The third kappa shape index (κ3) is 6.79. The number of hydrogen-bond acceptors (Lipinski definition) is 4. The number of hydrogen-bond donors (Lipinski definition) is 1. The van der Waals surface area contributed by atoms with E-state index in [0.29, 0.717) is 25.7 Å². The predicted octanol–water partition coefficient (Wildman–Crippen LogP) is 3.94. The van der Waals surface area contributed by atoms with Gasteiger partial charge in [0.05, 0.1) is 18.6 Å². The predicted molar refractivity (Wildman–Crippen MR) is 103 cm³/mol. The highest BCUT2D eigenvalue weighted by molar-refractivity contribution is 5.83. The Bertz CT molecular complexity index is 471. The summed E-state index contributed by atoms with van der Waals surface area (Å²) in [5.74, 6) is 0.539. The monoisotopic (exact) mass is 349 g/mol. The van der Waals surface area contributed by atoms with Gasteiger partial charge in [-0.1, -0.05) is 64.4 Å². The maximum absolute atomic E-state index is 12.7. The fourth-order valence-corrected chi connectivity index (χ4v) is 2.89. The first-order valence-corrected chi connectivity index (χ1v) is 9.61. The van der Waals surface area contributed by atoms with Crippen molar-refractivity contribution < 1.29 is 14.3 Å². The summed E-state index contributed by atoms with van der Waals surface area (Å²) in [6.07, 6.45) is 2.64. The molecule has 4 nitrogen and oxygen atoms in total. The van der Waals surface area contributed by atoms with Crippen molar-refractivity contribution in [2.24, 2.45) is 5.92 Å². The molecule has 0 radical (unpaired) electrons. The molecule has 1 aromatic rings. The molecule has 0 fully saturated rings. The van der Waals surface area contributed by atoms with Gasteiger partial charge in [-0.05, 0) is 30.9 Å². The van der Waals surface area contributed by atoms with E-state index in [-0.39, 0.29) is 5.97 Å². The van der Waals surface area contributed by atoms with E-state index < -0.39 is 5.41 Å². The van der Waals surface area contributed by atoms with Crippen molar-refractivity contribution in [3.8, 4) is 0 Å². The van der Waals surface area contributed by atoms with Crippen molar-refractivity contribution in [3.63, 3.8) is 0 Å². The van der Waals surface area contributed by atoms with Gasteiger partial charge in [-0.25, -0.2) is 0 Å². The van der Waals surface area contributed by atoms with Crippen LogP contribution in [-0.2, 0) is 19.7 Å². The van der Waals surface area contributed by atoms with Crippen LogP contribution in [0.15, 0.2) is 30.3 Å². The molecule has 0 heterocycles. The highest BCUT2D eigenvalue weighted by atomic mass is 16.6. The molecule has 1 N–H and O–H groups in total. The molecule has 4 heteroatoms. The lowest BCUT2D eigenvalue weighted by atomic mass is 9.76. The SMILES string of the molecule is CCC(C)CNCCOCCOC(=O)C(CC)(CC)c1ccccc1. The fraction of sp³-hybridized carbons (Fsp3) is 0.667. The second kappa shape index (κ2) is 12.0. The first-order valence-electron chi connectivity index (χ1n) is 9.61. The Morgan fingerprint density at radius 3 is 2.36 bits per heavy atom. The minimum atomic E-state index is -0.556. The minimum Gasteiger partial charge on any atom is -0.463 e. The third-order valence-corrected chi connectivity index (χ3v) is 5.00. The average Bonchev–Trinajstić information content (AvgIpc) is 2.66. The number of carbonyl (C=O) groups is 1. The van der Waals surface area contributed by atoms with Crippen molar-refractivity contribution in [2.75, 3.05) is 32.9 Å². The topological polar surface area (TPSA) is 47.6 Å². The number of nitrogens with one attached hydrogen (secondary N) is 1. The summed E-state index contributed by atoms with van der Waals surface area (Å²) in [7, 11) is 0. The van der Waals surface area contributed by atoms with Crippen LogP contribution in [0.4, 0.5) is 0 Å². The molecule has 0 spiro atoms. The van der Waals surface area contributed by atoms with Crippen LogP contribution >= 0.6 is 0 Å². The normalized spacial score (nSPS) is 12.8. The molecule has 1 atom stereocenters. The molecule has 25 heavy (non-hydrogen) atoms. The van der Waals surface area contributed by atoms with E-state index in [1.807, 2.05) is 44.2 Å². The van der Waals surface area contributed by atoms with Crippen LogP contribution < -0.4 is 5.32 Å². The van der Waals surface area contributed by atoms with Gasteiger partial charge in [0.15, 0.2) is 0 Å². The lowest BCUT2D eigenvalue weighted by Crippen LogP contribution is -2.37. The number of ether oxygens (including phenoxy) is 2. The van der Waals surface area contributed by atoms with Gasteiger partial charge in [0.25, 0.3) is 0 Å². The third-order valence-electron chi connectivity index (χ3n) is 5.00. The van der Waals surface area contributed by atoms with Gasteiger partial charge in [-0.15, -0.1) is 0 Å².